The lowest BCUT2D eigenvalue weighted by Gasteiger charge is -2.38. The lowest BCUT2D eigenvalue weighted by Crippen LogP contribution is -2.54. The maximum absolute atomic E-state index is 13.2. The van der Waals surface area contributed by atoms with Crippen molar-refractivity contribution in [3.63, 3.8) is 0 Å². The van der Waals surface area contributed by atoms with Gasteiger partial charge in [-0.3, -0.25) is 34.3 Å². The zero-order valence-corrected chi connectivity index (χ0v) is 20.6. The first-order valence-electron chi connectivity index (χ1n) is 12.6. The molecule has 1 atom stereocenters. The molecule has 0 spiro atoms. The van der Waals surface area contributed by atoms with Gasteiger partial charge in [-0.1, -0.05) is 24.3 Å². The fraction of sp³-hybridized carbons (Fsp3) is 0.321. The van der Waals surface area contributed by atoms with Crippen molar-refractivity contribution in [2.75, 3.05) is 13.1 Å². The van der Waals surface area contributed by atoms with Crippen LogP contribution < -0.4 is 5.32 Å². The Morgan fingerprint density at radius 3 is 2.47 bits per heavy atom. The molecule has 4 heterocycles. The molecule has 1 aromatic heterocycles. The third-order valence-corrected chi connectivity index (χ3v) is 7.62. The fourth-order valence-corrected chi connectivity index (χ4v) is 5.45. The van der Waals surface area contributed by atoms with E-state index >= 15 is 0 Å². The van der Waals surface area contributed by atoms with Gasteiger partial charge >= 0.3 is 0 Å². The molecule has 194 valence electrons. The Morgan fingerprint density at radius 1 is 1.00 bits per heavy atom. The van der Waals surface area contributed by atoms with Crippen LogP contribution in [0.15, 0.2) is 59.2 Å². The monoisotopic (exact) mass is 514 g/mol. The standard InChI is InChI=1S/C28H26N4O6/c33-23-9-8-22(24(34)30-23)32-26(35)20-7-6-18(14-21(20)27(32)36)28(37)10-12-31(13-11-28)15-19-16-38-25(29-19)17-4-2-1-3-5-17/h1-7,14,16,22,37H,8-13,15H2,(H,30,33,34). The quantitative estimate of drug-likeness (QED) is 0.496. The molecule has 38 heavy (non-hydrogen) atoms. The number of amides is 4. The van der Waals surface area contributed by atoms with Crippen LogP contribution in [0.3, 0.4) is 0 Å². The van der Waals surface area contributed by atoms with Crippen LogP contribution in [0.4, 0.5) is 0 Å². The third-order valence-electron chi connectivity index (χ3n) is 7.62. The maximum atomic E-state index is 13.2. The van der Waals surface area contributed by atoms with Crippen molar-refractivity contribution in [2.24, 2.45) is 0 Å². The number of benzene rings is 2. The Bertz CT molecular complexity index is 1440. The van der Waals surface area contributed by atoms with E-state index in [1.54, 1.807) is 24.5 Å². The highest BCUT2D eigenvalue weighted by atomic mass is 16.3. The van der Waals surface area contributed by atoms with Crippen LogP contribution in [0.1, 0.15) is 57.7 Å². The second-order valence-corrected chi connectivity index (χ2v) is 10.0. The van der Waals surface area contributed by atoms with E-state index in [-0.39, 0.29) is 24.0 Å². The van der Waals surface area contributed by atoms with Crippen LogP contribution in [0.5, 0.6) is 0 Å². The average Bonchev–Trinajstić information content (AvgIpc) is 3.49. The third kappa shape index (κ3) is 4.21. The molecule has 6 rings (SSSR count). The number of nitrogens with one attached hydrogen (secondary N) is 1. The predicted octanol–water partition coefficient (Wildman–Crippen LogP) is 2.23. The molecule has 2 N–H and O–H groups in total. The number of oxazole rings is 1. The Kier molecular flexibility index (Phi) is 5.93. The smallest absolute Gasteiger partial charge is 0.262 e. The molecule has 2 saturated heterocycles. The van der Waals surface area contributed by atoms with Crippen molar-refractivity contribution >= 4 is 23.6 Å². The molecule has 4 amide bonds. The predicted molar refractivity (Wildman–Crippen MR) is 133 cm³/mol. The molecule has 10 heteroatoms. The molecule has 0 saturated carbocycles. The van der Waals surface area contributed by atoms with Crippen LogP contribution in [-0.2, 0) is 21.7 Å². The van der Waals surface area contributed by atoms with Crippen molar-refractivity contribution in [1.29, 1.82) is 0 Å². The van der Waals surface area contributed by atoms with Gasteiger partial charge in [0.15, 0.2) is 0 Å². The number of hydrogen-bond donors (Lipinski definition) is 2. The van der Waals surface area contributed by atoms with Gasteiger partial charge < -0.3 is 9.52 Å². The zero-order chi connectivity index (χ0) is 26.4. The van der Waals surface area contributed by atoms with E-state index < -0.39 is 35.3 Å². The minimum atomic E-state index is -1.16. The Hall–Kier alpha value is -4.15. The number of imide groups is 2. The van der Waals surface area contributed by atoms with Crippen molar-refractivity contribution in [2.45, 2.75) is 43.9 Å². The van der Waals surface area contributed by atoms with Crippen molar-refractivity contribution in [1.82, 2.24) is 20.1 Å². The van der Waals surface area contributed by atoms with Crippen LogP contribution in [-0.4, -0.2) is 62.7 Å². The molecule has 0 bridgehead atoms. The SMILES string of the molecule is O=C1CCC(N2C(=O)c3ccc(C4(O)CCN(Cc5coc(-c6ccccc6)n5)CC4)cc3C2=O)C(=O)N1. The van der Waals surface area contributed by atoms with Gasteiger partial charge in [0.25, 0.3) is 11.8 Å². The van der Waals surface area contributed by atoms with E-state index in [0.29, 0.717) is 43.9 Å². The second kappa shape index (κ2) is 9.30. The van der Waals surface area contributed by atoms with Gasteiger partial charge in [0.05, 0.1) is 22.4 Å². The van der Waals surface area contributed by atoms with Crippen LogP contribution >= 0.6 is 0 Å². The largest absolute Gasteiger partial charge is 0.444 e. The molecule has 1 unspecified atom stereocenters. The number of likely N-dealkylation sites (tertiary alicyclic amines) is 1. The zero-order valence-electron chi connectivity index (χ0n) is 20.6. The molecule has 0 aliphatic carbocycles. The summed E-state index contributed by atoms with van der Waals surface area (Å²) >= 11 is 0. The summed E-state index contributed by atoms with van der Waals surface area (Å²) in [5.74, 6) is -1.64. The van der Waals surface area contributed by atoms with Crippen molar-refractivity contribution in [3.05, 3.63) is 77.2 Å². The number of carbonyl (C=O) groups is 4. The molecule has 2 fully saturated rings. The molecule has 3 aromatic rings. The van der Waals surface area contributed by atoms with Crippen molar-refractivity contribution in [3.8, 4) is 11.5 Å². The van der Waals surface area contributed by atoms with Gasteiger partial charge in [-0.25, -0.2) is 4.98 Å². The molecule has 3 aliphatic heterocycles. The van der Waals surface area contributed by atoms with Gasteiger partial charge in [0.1, 0.15) is 12.3 Å². The summed E-state index contributed by atoms with van der Waals surface area (Å²) in [6, 6.07) is 13.4. The first kappa shape index (κ1) is 24.2. The first-order valence-corrected chi connectivity index (χ1v) is 12.6. The topological polar surface area (TPSA) is 133 Å². The van der Waals surface area contributed by atoms with Gasteiger partial charge in [-0.05, 0) is 49.1 Å². The van der Waals surface area contributed by atoms with Crippen LogP contribution in [0.2, 0.25) is 0 Å². The number of piperidine rings is 2. The molecule has 10 nitrogen and oxygen atoms in total. The number of aliphatic hydroxyl groups is 1. The second-order valence-electron chi connectivity index (χ2n) is 10.0. The fourth-order valence-electron chi connectivity index (χ4n) is 5.45. The molecule has 2 aromatic carbocycles. The van der Waals surface area contributed by atoms with E-state index in [4.69, 9.17) is 4.42 Å². The van der Waals surface area contributed by atoms with Gasteiger partial charge in [-0.15, -0.1) is 0 Å². The van der Waals surface area contributed by atoms with Crippen molar-refractivity contribution < 1.29 is 28.7 Å². The Labute approximate surface area is 218 Å². The van der Waals surface area contributed by atoms with E-state index in [1.165, 1.54) is 0 Å². The van der Waals surface area contributed by atoms with Gasteiger partial charge in [0.2, 0.25) is 17.7 Å². The summed E-state index contributed by atoms with van der Waals surface area (Å²) in [5.41, 5.74) is 1.50. The molecule has 3 aliphatic rings. The number of hydrogen-bond acceptors (Lipinski definition) is 8. The molecule has 0 radical (unpaired) electrons. The van der Waals surface area contributed by atoms with Gasteiger partial charge in [-0.2, -0.15) is 0 Å². The number of fused-ring (bicyclic) bond motifs is 1. The summed E-state index contributed by atoms with van der Waals surface area (Å²) in [6.07, 6.45) is 2.69. The van der Waals surface area contributed by atoms with E-state index in [9.17, 15) is 24.3 Å². The van der Waals surface area contributed by atoms with Crippen LogP contribution in [0, 0.1) is 0 Å². The number of aromatic nitrogens is 1. The highest BCUT2D eigenvalue weighted by Gasteiger charge is 2.45. The summed E-state index contributed by atoms with van der Waals surface area (Å²) in [6.45, 7) is 1.80. The Balaban J connectivity index is 1.13. The normalized spacial score (nSPS) is 21.5. The highest BCUT2D eigenvalue weighted by Crippen LogP contribution is 2.37. The number of nitrogens with zero attached hydrogens (tertiary/aromatic N) is 3. The minimum absolute atomic E-state index is 0.0627. The summed E-state index contributed by atoms with van der Waals surface area (Å²) in [5, 5.41) is 13.7. The number of carbonyl (C=O) groups excluding carboxylic acids is 4. The van der Waals surface area contributed by atoms with E-state index in [2.05, 4.69) is 15.2 Å². The lowest BCUT2D eigenvalue weighted by molar-refractivity contribution is -0.136. The van der Waals surface area contributed by atoms with E-state index in [0.717, 1.165) is 16.2 Å². The van der Waals surface area contributed by atoms with Crippen LogP contribution in [0.25, 0.3) is 11.5 Å². The first-order chi connectivity index (χ1) is 18.3. The summed E-state index contributed by atoms with van der Waals surface area (Å²) < 4.78 is 5.64. The number of rotatable bonds is 5. The minimum Gasteiger partial charge on any atom is -0.444 e. The van der Waals surface area contributed by atoms with Gasteiger partial charge in [0, 0.05) is 31.6 Å². The summed E-state index contributed by atoms with van der Waals surface area (Å²) in [7, 11) is 0. The highest BCUT2D eigenvalue weighted by molar-refractivity contribution is 6.23. The summed E-state index contributed by atoms with van der Waals surface area (Å²) in [4.78, 5) is 57.6. The molecular formula is C28H26N4O6. The average molecular weight is 515 g/mol. The Morgan fingerprint density at radius 2 is 1.74 bits per heavy atom. The maximum Gasteiger partial charge on any atom is 0.262 e. The molecular weight excluding hydrogens is 488 g/mol. The lowest BCUT2D eigenvalue weighted by atomic mass is 9.83. The van der Waals surface area contributed by atoms with E-state index in [1.807, 2.05) is 30.3 Å².